The van der Waals surface area contributed by atoms with Crippen LogP contribution in [0.3, 0.4) is 0 Å². The third kappa shape index (κ3) is 3.24. The molecule has 0 saturated carbocycles. The van der Waals surface area contributed by atoms with Gasteiger partial charge in [0, 0.05) is 22.8 Å². The molecule has 1 heterocycles. The zero-order chi connectivity index (χ0) is 18.0. The van der Waals surface area contributed by atoms with Crippen molar-refractivity contribution in [3.8, 4) is 0 Å². The number of rotatable bonds is 5. The molecule has 25 heavy (non-hydrogen) atoms. The number of para-hydroxylation sites is 1. The van der Waals surface area contributed by atoms with Gasteiger partial charge >= 0.3 is 0 Å². The average molecular weight is 358 g/mol. The maximum Gasteiger partial charge on any atom is 0.266 e. The van der Waals surface area contributed by atoms with Gasteiger partial charge in [0.05, 0.1) is 22.7 Å². The van der Waals surface area contributed by atoms with E-state index in [0.29, 0.717) is 26.2 Å². The fourth-order valence-corrected chi connectivity index (χ4v) is 3.74. The molecular weight excluding hydrogens is 343 g/mol. The molecule has 0 saturated heterocycles. The molecule has 2 aromatic carbocycles. The number of hydrogen-bond acceptors (Lipinski definition) is 4. The Labute approximate surface area is 147 Å². The smallest absolute Gasteiger partial charge is 0.266 e. The summed E-state index contributed by atoms with van der Waals surface area (Å²) in [5.41, 5.74) is 6.32. The Bertz CT molecular complexity index is 968. The van der Waals surface area contributed by atoms with Crippen molar-refractivity contribution in [3.63, 3.8) is 0 Å². The van der Waals surface area contributed by atoms with Gasteiger partial charge in [0.2, 0.25) is 0 Å². The lowest BCUT2D eigenvalue weighted by Gasteiger charge is -2.09. The van der Waals surface area contributed by atoms with Gasteiger partial charge in [0.1, 0.15) is 5.82 Å². The highest BCUT2D eigenvalue weighted by Gasteiger charge is 2.21. The van der Waals surface area contributed by atoms with Gasteiger partial charge in [0.15, 0.2) is 0 Å². The zero-order valence-corrected chi connectivity index (χ0v) is 14.2. The van der Waals surface area contributed by atoms with Crippen molar-refractivity contribution < 1.29 is 18.7 Å². The van der Waals surface area contributed by atoms with Crippen molar-refractivity contribution in [2.45, 2.75) is 6.61 Å². The number of halogens is 1. The number of benzene rings is 2. The fourth-order valence-electron chi connectivity index (χ4n) is 2.62. The summed E-state index contributed by atoms with van der Waals surface area (Å²) in [5.74, 6) is -1.49. The Kier molecular flexibility index (Phi) is 4.78. The van der Waals surface area contributed by atoms with Crippen molar-refractivity contribution in [3.05, 3.63) is 64.3 Å². The molecule has 2 amide bonds. The van der Waals surface area contributed by atoms with Crippen molar-refractivity contribution >= 4 is 38.9 Å². The van der Waals surface area contributed by atoms with Gasteiger partial charge in [-0.1, -0.05) is 18.2 Å². The summed E-state index contributed by atoms with van der Waals surface area (Å²) in [7, 11) is 1.48. The number of nitrogens with one attached hydrogen (secondary N) is 1. The van der Waals surface area contributed by atoms with E-state index in [4.69, 9.17) is 10.5 Å². The van der Waals surface area contributed by atoms with Crippen LogP contribution >= 0.6 is 11.3 Å². The molecule has 0 bridgehead atoms. The number of hydrogen-bond donors (Lipinski definition) is 2. The molecule has 1 aromatic heterocycles. The number of nitrogens with two attached hydrogens (primary N) is 1. The molecule has 0 spiro atoms. The van der Waals surface area contributed by atoms with Gasteiger partial charge in [-0.2, -0.15) is 0 Å². The van der Waals surface area contributed by atoms with Crippen molar-refractivity contribution in [2.24, 2.45) is 5.73 Å². The Balaban J connectivity index is 2.05. The third-order valence-corrected chi connectivity index (χ3v) is 4.89. The van der Waals surface area contributed by atoms with Crippen LogP contribution in [0.15, 0.2) is 42.5 Å². The van der Waals surface area contributed by atoms with E-state index in [1.807, 2.05) is 0 Å². The quantitative estimate of drug-likeness (QED) is 0.732. The van der Waals surface area contributed by atoms with Gasteiger partial charge in [-0.05, 0) is 24.3 Å². The summed E-state index contributed by atoms with van der Waals surface area (Å²) in [6, 6.07) is 11.1. The van der Waals surface area contributed by atoms with Crippen LogP contribution in [-0.2, 0) is 11.3 Å². The molecule has 0 radical (unpaired) electrons. The highest BCUT2D eigenvalue weighted by molar-refractivity contribution is 7.21. The first-order chi connectivity index (χ1) is 12.0. The molecule has 0 aliphatic heterocycles. The number of ether oxygens (including phenoxy) is 1. The second-order valence-corrected chi connectivity index (χ2v) is 6.37. The third-order valence-electron chi connectivity index (χ3n) is 3.70. The van der Waals surface area contributed by atoms with Gasteiger partial charge < -0.3 is 15.8 Å². The molecule has 0 unspecified atom stereocenters. The van der Waals surface area contributed by atoms with Crippen LogP contribution in [-0.4, -0.2) is 18.9 Å². The monoisotopic (exact) mass is 358 g/mol. The van der Waals surface area contributed by atoms with E-state index < -0.39 is 17.6 Å². The zero-order valence-electron chi connectivity index (χ0n) is 13.3. The van der Waals surface area contributed by atoms with Crippen LogP contribution in [0.4, 0.5) is 10.1 Å². The number of amides is 2. The maximum absolute atomic E-state index is 14.2. The second-order valence-electron chi connectivity index (χ2n) is 5.32. The van der Waals surface area contributed by atoms with E-state index in [2.05, 4.69) is 5.32 Å². The van der Waals surface area contributed by atoms with E-state index in [-0.39, 0.29) is 12.2 Å². The van der Waals surface area contributed by atoms with Crippen molar-refractivity contribution in [1.82, 2.24) is 0 Å². The van der Waals surface area contributed by atoms with Crippen LogP contribution < -0.4 is 11.1 Å². The van der Waals surface area contributed by atoms with E-state index >= 15 is 0 Å². The van der Waals surface area contributed by atoms with E-state index in [0.717, 1.165) is 0 Å². The molecule has 0 fully saturated rings. The number of primary amides is 1. The minimum absolute atomic E-state index is 0.0984. The SMILES string of the molecule is COCc1c(C(=O)Nc2ccccc2C(N)=O)sc2cccc(F)c12. The number of thiophene rings is 1. The molecule has 3 aromatic rings. The molecular formula is C18H15FN2O3S. The van der Waals surface area contributed by atoms with E-state index in [9.17, 15) is 14.0 Å². The fraction of sp³-hybridized carbons (Fsp3) is 0.111. The molecule has 0 atom stereocenters. The van der Waals surface area contributed by atoms with Crippen LogP contribution in [0.1, 0.15) is 25.6 Å². The molecule has 5 nitrogen and oxygen atoms in total. The van der Waals surface area contributed by atoms with Crippen LogP contribution in [0, 0.1) is 5.82 Å². The van der Waals surface area contributed by atoms with Gasteiger partial charge in [-0.3, -0.25) is 9.59 Å². The summed E-state index contributed by atoms with van der Waals surface area (Å²) in [6.45, 7) is 0.0984. The second kappa shape index (κ2) is 7.00. The number of carbonyl (C=O) groups excluding carboxylic acids is 2. The summed E-state index contributed by atoms with van der Waals surface area (Å²) < 4.78 is 20.0. The lowest BCUT2D eigenvalue weighted by atomic mass is 10.1. The molecule has 0 aliphatic rings. The van der Waals surface area contributed by atoms with E-state index in [1.54, 1.807) is 30.3 Å². The average Bonchev–Trinajstić information content (AvgIpc) is 2.95. The molecule has 128 valence electrons. The maximum atomic E-state index is 14.2. The number of anilines is 1. The number of carbonyl (C=O) groups is 2. The predicted octanol–water partition coefficient (Wildman–Crippen LogP) is 3.54. The van der Waals surface area contributed by atoms with Crippen molar-refractivity contribution in [1.29, 1.82) is 0 Å². The van der Waals surface area contributed by atoms with Gasteiger partial charge in [-0.25, -0.2) is 4.39 Å². The van der Waals surface area contributed by atoms with Gasteiger partial charge in [-0.15, -0.1) is 11.3 Å². The number of methoxy groups -OCH3 is 1. The lowest BCUT2D eigenvalue weighted by molar-refractivity contribution is 0.100. The van der Waals surface area contributed by atoms with Gasteiger partial charge in [0.25, 0.3) is 11.8 Å². The lowest BCUT2D eigenvalue weighted by Crippen LogP contribution is -2.18. The summed E-state index contributed by atoms with van der Waals surface area (Å²) in [4.78, 5) is 24.6. The Hall–Kier alpha value is -2.77. The minimum atomic E-state index is -0.643. The molecule has 7 heteroatoms. The Morgan fingerprint density at radius 2 is 1.96 bits per heavy atom. The summed E-state index contributed by atoms with van der Waals surface area (Å²) in [5, 5.41) is 3.06. The largest absolute Gasteiger partial charge is 0.380 e. The predicted molar refractivity (Wildman–Crippen MR) is 95.4 cm³/mol. The number of fused-ring (bicyclic) bond motifs is 1. The Morgan fingerprint density at radius 3 is 2.68 bits per heavy atom. The summed E-state index contributed by atoms with van der Waals surface area (Å²) >= 11 is 1.17. The topological polar surface area (TPSA) is 81.4 Å². The first-order valence-corrected chi connectivity index (χ1v) is 8.23. The van der Waals surface area contributed by atoms with Crippen LogP contribution in [0.2, 0.25) is 0 Å². The first kappa shape index (κ1) is 17.1. The normalized spacial score (nSPS) is 10.8. The first-order valence-electron chi connectivity index (χ1n) is 7.42. The van der Waals surface area contributed by atoms with Crippen LogP contribution in [0.25, 0.3) is 10.1 Å². The minimum Gasteiger partial charge on any atom is -0.380 e. The molecule has 3 rings (SSSR count). The van der Waals surface area contributed by atoms with E-state index in [1.165, 1.54) is 30.6 Å². The standard InChI is InChI=1S/C18H15FN2O3S/c1-24-9-11-15-12(19)6-4-8-14(15)25-16(11)18(23)21-13-7-3-2-5-10(13)17(20)22/h2-8H,9H2,1H3,(H2,20,22)(H,21,23). The Morgan fingerprint density at radius 1 is 1.20 bits per heavy atom. The van der Waals surface area contributed by atoms with Crippen LogP contribution in [0.5, 0.6) is 0 Å². The summed E-state index contributed by atoms with van der Waals surface area (Å²) in [6.07, 6.45) is 0. The highest BCUT2D eigenvalue weighted by Crippen LogP contribution is 2.34. The highest BCUT2D eigenvalue weighted by atomic mass is 32.1. The molecule has 3 N–H and O–H groups in total. The molecule has 0 aliphatic carbocycles. The van der Waals surface area contributed by atoms with Crippen molar-refractivity contribution in [2.75, 3.05) is 12.4 Å².